The first-order chi connectivity index (χ1) is 12.0. The second-order valence-corrected chi connectivity index (χ2v) is 5.40. The van der Waals surface area contributed by atoms with Crippen molar-refractivity contribution in [1.29, 1.82) is 0 Å². The zero-order valence-electron chi connectivity index (χ0n) is 13.3. The molecule has 0 aliphatic rings. The van der Waals surface area contributed by atoms with E-state index < -0.39 is 10.9 Å². The number of ether oxygens (including phenoxy) is 1. The number of carbonyl (C=O) groups excluding carboxylic acids is 1. The Morgan fingerprint density at radius 3 is 2.64 bits per heavy atom. The summed E-state index contributed by atoms with van der Waals surface area (Å²) in [6, 6.07) is 15.0. The molecular weight excluding hydrogens is 324 g/mol. The number of rotatable bonds is 5. The van der Waals surface area contributed by atoms with Gasteiger partial charge in [0.15, 0.2) is 5.76 Å². The van der Waals surface area contributed by atoms with E-state index in [4.69, 9.17) is 9.26 Å². The van der Waals surface area contributed by atoms with E-state index >= 15 is 0 Å². The second-order valence-electron chi connectivity index (χ2n) is 5.40. The topological polar surface area (TPSA) is 95.5 Å². The van der Waals surface area contributed by atoms with Crippen molar-refractivity contribution in [3.8, 4) is 11.3 Å². The molecule has 7 heteroatoms. The Morgan fingerprint density at radius 1 is 1.20 bits per heavy atom. The van der Waals surface area contributed by atoms with Gasteiger partial charge in [0.05, 0.1) is 4.92 Å². The molecule has 3 rings (SSSR count). The van der Waals surface area contributed by atoms with Gasteiger partial charge in [0.2, 0.25) is 0 Å². The summed E-state index contributed by atoms with van der Waals surface area (Å²) in [6.07, 6.45) is 0. The second kappa shape index (κ2) is 6.96. The molecule has 0 atom stereocenters. The van der Waals surface area contributed by atoms with Crippen LogP contribution in [0.4, 0.5) is 5.69 Å². The molecule has 0 amide bonds. The zero-order valence-corrected chi connectivity index (χ0v) is 13.3. The maximum atomic E-state index is 12.1. The summed E-state index contributed by atoms with van der Waals surface area (Å²) in [7, 11) is 0. The summed E-state index contributed by atoms with van der Waals surface area (Å²) >= 11 is 0. The van der Waals surface area contributed by atoms with Crippen LogP contribution in [0.3, 0.4) is 0 Å². The van der Waals surface area contributed by atoms with Crippen LogP contribution in [0.5, 0.6) is 0 Å². The molecule has 0 bridgehead atoms. The molecule has 126 valence electrons. The molecular formula is C18H14N2O5. The number of nitro benzene ring substituents is 1. The van der Waals surface area contributed by atoms with Gasteiger partial charge in [-0.15, -0.1) is 0 Å². The fraction of sp³-hybridized carbons (Fsp3) is 0.111. The SMILES string of the molecule is Cc1ccc(-c2cc(COC(=O)c3ccccc3[N+](=O)[O-])no2)cc1. The minimum atomic E-state index is -0.785. The van der Waals surface area contributed by atoms with Crippen molar-refractivity contribution in [2.45, 2.75) is 13.5 Å². The van der Waals surface area contributed by atoms with Crippen molar-refractivity contribution in [3.63, 3.8) is 0 Å². The van der Waals surface area contributed by atoms with Crippen LogP contribution in [0.1, 0.15) is 21.6 Å². The Hall–Kier alpha value is -3.48. The van der Waals surface area contributed by atoms with Gasteiger partial charge in [-0.1, -0.05) is 47.1 Å². The number of nitrogens with zero attached hydrogens (tertiary/aromatic N) is 2. The predicted molar refractivity (Wildman–Crippen MR) is 88.9 cm³/mol. The lowest BCUT2D eigenvalue weighted by atomic mass is 10.1. The molecule has 0 saturated heterocycles. The van der Waals surface area contributed by atoms with Gasteiger partial charge in [-0.05, 0) is 13.0 Å². The van der Waals surface area contributed by atoms with E-state index in [1.54, 1.807) is 6.07 Å². The average Bonchev–Trinajstić information content (AvgIpc) is 3.09. The van der Waals surface area contributed by atoms with Gasteiger partial charge in [-0.25, -0.2) is 4.79 Å². The summed E-state index contributed by atoms with van der Waals surface area (Å²) in [5.74, 6) is -0.232. The van der Waals surface area contributed by atoms with Crippen LogP contribution in [0.15, 0.2) is 59.1 Å². The number of para-hydroxylation sites is 1. The molecule has 0 spiro atoms. The standard InChI is InChI=1S/C18H14N2O5/c1-12-6-8-13(9-7-12)17-10-14(19-25-17)11-24-18(21)15-4-2-3-5-16(15)20(22)23/h2-10H,11H2,1H3. The number of aryl methyl sites for hydroxylation is 1. The molecule has 1 aromatic heterocycles. The maximum Gasteiger partial charge on any atom is 0.345 e. The molecule has 3 aromatic rings. The normalized spacial score (nSPS) is 10.4. The van der Waals surface area contributed by atoms with E-state index in [0.717, 1.165) is 11.1 Å². The van der Waals surface area contributed by atoms with Crippen LogP contribution in [-0.4, -0.2) is 16.0 Å². The van der Waals surface area contributed by atoms with Gasteiger partial charge in [0.1, 0.15) is 17.9 Å². The van der Waals surface area contributed by atoms with Crippen LogP contribution in [0.25, 0.3) is 11.3 Å². The Bertz CT molecular complexity index is 915. The first-order valence-electron chi connectivity index (χ1n) is 7.48. The predicted octanol–water partition coefficient (Wildman–Crippen LogP) is 3.92. The first-order valence-corrected chi connectivity index (χ1v) is 7.48. The smallest absolute Gasteiger partial charge is 0.345 e. The van der Waals surface area contributed by atoms with Crippen LogP contribution in [0, 0.1) is 17.0 Å². The van der Waals surface area contributed by atoms with E-state index in [1.807, 2.05) is 31.2 Å². The van der Waals surface area contributed by atoms with Crippen molar-refractivity contribution < 1.29 is 19.0 Å². The largest absolute Gasteiger partial charge is 0.455 e. The zero-order chi connectivity index (χ0) is 17.8. The number of esters is 1. The van der Waals surface area contributed by atoms with Gasteiger partial charge in [0.25, 0.3) is 5.69 Å². The first kappa shape index (κ1) is 16.4. The van der Waals surface area contributed by atoms with E-state index in [-0.39, 0.29) is 17.9 Å². The lowest BCUT2D eigenvalue weighted by molar-refractivity contribution is -0.385. The Kier molecular flexibility index (Phi) is 4.56. The lowest BCUT2D eigenvalue weighted by Crippen LogP contribution is -2.08. The molecule has 0 fully saturated rings. The fourth-order valence-electron chi connectivity index (χ4n) is 2.26. The van der Waals surface area contributed by atoms with Crippen molar-refractivity contribution in [3.05, 3.63) is 81.5 Å². The fourth-order valence-corrected chi connectivity index (χ4v) is 2.26. The minimum Gasteiger partial charge on any atom is -0.455 e. The Morgan fingerprint density at radius 2 is 1.92 bits per heavy atom. The Balaban J connectivity index is 1.69. The third kappa shape index (κ3) is 3.72. The third-order valence-corrected chi connectivity index (χ3v) is 3.57. The van der Waals surface area contributed by atoms with Crippen molar-refractivity contribution in [2.24, 2.45) is 0 Å². The molecule has 0 aliphatic heterocycles. The third-order valence-electron chi connectivity index (χ3n) is 3.57. The molecule has 0 radical (unpaired) electrons. The number of hydrogen-bond donors (Lipinski definition) is 0. The van der Waals surface area contributed by atoms with Crippen molar-refractivity contribution >= 4 is 11.7 Å². The lowest BCUT2D eigenvalue weighted by Gasteiger charge is -2.03. The van der Waals surface area contributed by atoms with E-state index in [2.05, 4.69) is 5.16 Å². The summed E-state index contributed by atoms with van der Waals surface area (Å²) < 4.78 is 10.3. The highest BCUT2D eigenvalue weighted by Gasteiger charge is 2.21. The highest BCUT2D eigenvalue weighted by atomic mass is 16.6. The van der Waals surface area contributed by atoms with Gasteiger partial charge in [-0.2, -0.15) is 0 Å². The Labute approximate surface area is 143 Å². The van der Waals surface area contributed by atoms with E-state index in [9.17, 15) is 14.9 Å². The summed E-state index contributed by atoms with van der Waals surface area (Å²) in [5, 5.41) is 14.8. The molecule has 0 saturated carbocycles. The molecule has 0 unspecified atom stereocenters. The number of nitro groups is 1. The van der Waals surface area contributed by atoms with Crippen LogP contribution in [0.2, 0.25) is 0 Å². The van der Waals surface area contributed by atoms with Gasteiger partial charge in [-0.3, -0.25) is 10.1 Å². The average molecular weight is 338 g/mol. The molecule has 1 heterocycles. The van der Waals surface area contributed by atoms with Crippen molar-refractivity contribution in [2.75, 3.05) is 0 Å². The van der Waals surface area contributed by atoms with Gasteiger partial charge < -0.3 is 9.26 Å². The summed E-state index contributed by atoms with van der Waals surface area (Å²) in [5.41, 5.74) is 2.00. The van der Waals surface area contributed by atoms with E-state index in [1.165, 1.54) is 24.3 Å². The van der Waals surface area contributed by atoms with Crippen molar-refractivity contribution in [1.82, 2.24) is 5.16 Å². The molecule has 25 heavy (non-hydrogen) atoms. The highest BCUT2D eigenvalue weighted by Crippen LogP contribution is 2.22. The van der Waals surface area contributed by atoms with Crippen LogP contribution in [-0.2, 0) is 11.3 Å². The van der Waals surface area contributed by atoms with Crippen LogP contribution < -0.4 is 0 Å². The number of hydrogen-bond acceptors (Lipinski definition) is 6. The molecule has 7 nitrogen and oxygen atoms in total. The quantitative estimate of drug-likeness (QED) is 0.397. The van der Waals surface area contributed by atoms with E-state index in [0.29, 0.717) is 11.5 Å². The number of carbonyl (C=O) groups is 1. The number of aromatic nitrogens is 1. The van der Waals surface area contributed by atoms with Gasteiger partial charge >= 0.3 is 5.97 Å². The van der Waals surface area contributed by atoms with Crippen LogP contribution >= 0.6 is 0 Å². The molecule has 0 aliphatic carbocycles. The highest BCUT2D eigenvalue weighted by molar-refractivity contribution is 5.93. The summed E-state index contributed by atoms with van der Waals surface area (Å²) in [6.45, 7) is 1.85. The molecule has 2 aromatic carbocycles. The maximum absolute atomic E-state index is 12.1. The minimum absolute atomic E-state index is 0.102. The van der Waals surface area contributed by atoms with Gasteiger partial charge in [0, 0.05) is 17.7 Å². The number of benzene rings is 2. The monoisotopic (exact) mass is 338 g/mol. The molecule has 0 N–H and O–H groups in total. The summed E-state index contributed by atoms with van der Waals surface area (Å²) in [4.78, 5) is 22.4.